The van der Waals surface area contributed by atoms with E-state index in [1.165, 1.54) is 30.3 Å². The molecule has 2 aromatic rings. The average molecular weight is 764 g/mol. The van der Waals surface area contributed by atoms with Crippen LogP contribution in [0, 0.1) is 23.7 Å². The van der Waals surface area contributed by atoms with Crippen molar-refractivity contribution in [1.29, 1.82) is 0 Å². The van der Waals surface area contributed by atoms with E-state index in [4.69, 9.17) is 23.2 Å². The summed E-state index contributed by atoms with van der Waals surface area (Å²) in [6.45, 7) is 1.63. The van der Waals surface area contributed by atoms with E-state index >= 15 is 0 Å². The van der Waals surface area contributed by atoms with Crippen LogP contribution in [-0.2, 0) is 17.6 Å². The maximum Gasteiger partial charge on any atom is 0.399 e. The van der Waals surface area contributed by atoms with Crippen molar-refractivity contribution < 1.29 is 53.9 Å². The number of carbonyl (C=O) groups is 3. The second kappa shape index (κ2) is 12.8. The predicted octanol–water partition coefficient (Wildman–Crippen LogP) is 9.87. The Balaban J connectivity index is 0.000000157. The molecule has 0 heterocycles. The van der Waals surface area contributed by atoms with Crippen LogP contribution in [0.15, 0.2) is 64.7 Å². The molecule has 1 saturated carbocycles. The van der Waals surface area contributed by atoms with Gasteiger partial charge in [0.2, 0.25) is 0 Å². The molecule has 0 spiro atoms. The molecule has 46 heavy (non-hydrogen) atoms. The lowest BCUT2D eigenvalue weighted by atomic mass is 9.84. The zero-order valence-electron chi connectivity index (χ0n) is 23.4. The topological polar surface area (TPSA) is 51.2 Å². The lowest BCUT2D eigenvalue weighted by Crippen LogP contribution is -2.28. The number of benzene rings is 2. The summed E-state index contributed by atoms with van der Waals surface area (Å²) in [5, 5.41) is 0.229. The number of Topliss-reactive ketones (excluding diaryl/α,β-unsaturated/α-hetero) is 3. The van der Waals surface area contributed by atoms with E-state index in [-0.39, 0.29) is 41.0 Å². The SMILES string of the molecule is CC1(Cl)C=CC=C2C(=O)C(C(F)(F)F)CC21.O=C1c2cccc(Br)c2CC1C(F)(F)F.O=C1c2cccc(Cl)c2CC1C(F)(F)F. The second-order valence-electron chi connectivity index (χ2n) is 11.2. The first-order valence-corrected chi connectivity index (χ1v) is 15.1. The molecule has 0 N–H and O–H groups in total. The van der Waals surface area contributed by atoms with Gasteiger partial charge in [-0.25, -0.2) is 0 Å². The van der Waals surface area contributed by atoms with Gasteiger partial charge in [0.25, 0.3) is 0 Å². The molecule has 2 aromatic carbocycles. The van der Waals surface area contributed by atoms with Crippen molar-refractivity contribution in [3.05, 3.63) is 91.9 Å². The first kappa shape index (κ1) is 36.2. The third-order valence-corrected chi connectivity index (χ3v) is 9.72. The highest BCUT2D eigenvalue weighted by atomic mass is 79.9. The van der Waals surface area contributed by atoms with Gasteiger partial charge in [0.05, 0.1) is 4.87 Å². The lowest BCUT2D eigenvalue weighted by Gasteiger charge is -2.28. The molecule has 0 amide bonds. The maximum absolute atomic E-state index is 12.6. The molecule has 248 valence electrons. The van der Waals surface area contributed by atoms with Crippen molar-refractivity contribution >= 4 is 56.5 Å². The van der Waals surface area contributed by atoms with Crippen molar-refractivity contribution in [3.8, 4) is 0 Å². The Hall–Kier alpha value is -2.64. The Kier molecular flexibility index (Phi) is 10.0. The molecule has 4 aliphatic carbocycles. The maximum atomic E-state index is 12.6. The number of rotatable bonds is 0. The molecule has 1 fully saturated rings. The standard InChI is InChI=1S/C11H10ClF3O.C10H6BrF3O.C10H6ClF3O/c1-10(12)4-2-3-6-7(10)5-8(9(6)16)11(13,14)15;2*11-8-3-1-2-5-6(8)4-7(9(5)15)10(12,13)14/h2-4,7-8H,5H2,1H3;2*1-3,7H,4H2. The van der Waals surface area contributed by atoms with Crippen molar-refractivity contribution in [1.82, 2.24) is 0 Å². The van der Waals surface area contributed by atoms with Crippen LogP contribution in [-0.4, -0.2) is 40.8 Å². The Morgan fingerprint density at radius 1 is 0.739 bits per heavy atom. The number of alkyl halides is 10. The Morgan fingerprint density at radius 3 is 1.67 bits per heavy atom. The third kappa shape index (κ3) is 7.26. The molecule has 0 bridgehead atoms. The van der Waals surface area contributed by atoms with Crippen molar-refractivity contribution in [2.75, 3.05) is 0 Å². The van der Waals surface area contributed by atoms with E-state index < -0.39 is 64.4 Å². The van der Waals surface area contributed by atoms with E-state index in [9.17, 15) is 53.9 Å². The predicted molar refractivity (Wildman–Crippen MR) is 155 cm³/mol. The van der Waals surface area contributed by atoms with Crippen molar-refractivity contribution in [2.45, 2.75) is 49.6 Å². The summed E-state index contributed by atoms with van der Waals surface area (Å²) in [6, 6.07) is 9.01. The summed E-state index contributed by atoms with van der Waals surface area (Å²) in [5.74, 6) is -8.73. The second-order valence-corrected chi connectivity index (χ2v) is 13.3. The summed E-state index contributed by atoms with van der Waals surface area (Å²) >= 11 is 15.0. The van der Waals surface area contributed by atoms with Gasteiger partial charge in [0, 0.05) is 32.1 Å². The van der Waals surface area contributed by atoms with Crippen molar-refractivity contribution in [3.63, 3.8) is 0 Å². The van der Waals surface area contributed by atoms with Crippen LogP contribution in [0.2, 0.25) is 5.02 Å². The van der Waals surface area contributed by atoms with Gasteiger partial charge in [-0.15, -0.1) is 11.6 Å². The number of hydrogen-bond acceptors (Lipinski definition) is 3. The fourth-order valence-corrected chi connectivity index (χ4v) is 6.86. The summed E-state index contributed by atoms with van der Waals surface area (Å²) < 4.78 is 113. The quantitative estimate of drug-likeness (QED) is 0.198. The van der Waals surface area contributed by atoms with Crippen LogP contribution in [0.3, 0.4) is 0 Å². The molecule has 0 aromatic heterocycles. The van der Waals surface area contributed by atoms with Crippen LogP contribution >= 0.6 is 39.1 Å². The van der Waals surface area contributed by atoms with E-state index in [1.54, 1.807) is 31.2 Å². The van der Waals surface area contributed by atoms with Crippen LogP contribution in [0.5, 0.6) is 0 Å². The largest absolute Gasteiger partial charge is 0.399 e. The fraction of sp³-hybridized carbons (Fsp3) is 0.387. The van der Waals surface area contributed by atoms with Gasteiger partial charge in [-0.1, -0.05) is 70.0 Å². The number of hydrogen-bond donors (Lipinski definition) is 0. The van der Waals surface area contributed by atoms with Crippen LogP contribution in [0.4, 0.5) is 39.5 Å². The molecule has 0 saturated heterocycles. The molecular weight excluding hydrogens is 742 g/mol. The van der Waals surface area contributed by atoms with Crippen LogP contribution in [0.1, 0.15) is 45.2 Å². The molecule has 6 rings (SSSR count). The smallest absolute Gasteiger partial charge is 0.294 e. The molecule has 5 unspecified atom stereocenters. The van der Waals surface area contributed by atoms with Gasteiger partial charge >= 0.3 is 18.5 Å². The van der Waals surface area contributed by atoms with E-state index in [2.05, 4.69) is 15.9 Å². The number of fused-ring (bicyclic) bond motifs is 3. The minimum absolute atomic E-state index is 0.102. The minimum atomic E-state index is -4.49. The van der Waals surface area contributed by atoms with Gasteiger partial charge in [-0.2, -0.15) is 39.5 Å². The summed E-state index contributed by atoms with van der Waals surface area (Å²) in [7, 11) is 0. The molecule has 0 radical (unpaired) electrons. The summed E-state index contributed by atoms with van der Waals surface area (Å²) in [6.07, 6.45) is -9.60. The van der Waals surface area contributed by atoms with Crippen LogP contribution in [0.25, 0.3) is 0 Å². The first-order chi connectivity index (χ1) is 21.1. The van der Waals surface area contributed by atoms with Gasteiger partial charge < -0.3 is 0 Å². The molecule has 15 heteroatoms. The highest BCUT2D eigenvalue weighted by molar-refractivity contribution is 9.10. The molecule has 5 atom stereocenters. The average Bonchev–Trinajstić information content (AvgIpc) is 3.58. The fourth-order valence-electron chi connectivity index (χ4n) is 5.81. The highest BCUT2D eigenvalue weighted by Crippen LogP contribution is 2.50. The van der Waals surface area contributed by atoms with Gasteiger partial charge in [-0.05, 0) is 49.4 Å². The molecule has 0 aliphatic heterocycles. The van der Waals surface area contributed by atoms with E-state index in [0.717, 1.165) is 0 Å². The van der Waals surface area contributed by atoms with Crippen LogP contribution < -0.4 is 0 Å². The highest BCUT2D eigenvalue weighted by Gasteiger charge is 2.56. The Morgan fingerprint density at radius 2 is 1.22 bits per heavy atom. The third-order valence-electron chi connectivity index (χ3n) is 8.23. The molecular formula is C31H22BrCl2F9O3. The number of ketones is 3. The Bertz CT molecular complexity index is 1540. The lowest BCUT2D eigenvalue weighted by molar-refractivity contribution is -0.177. The molecule has 3 nitrogen and oxygen atoms in total. The van der Waals surface area contributed by atoms with Gasteiger partial charge in [0.1, 0.15) is 17.8 Å². The van der Waals surface area contributed by atoms with E-state index in [0.29, 0.717) is 15.6 Å². The zero-order chi connectivity index (χ0) is 34.6. The summed E-state index contributed by atoms with van der Waals surface area (Å²) in [4.78, 5) is 33.6. The monoisotopic (exact) mass is 762 g/mol. The number of halogens is 12. The van der Waals surface area contributed by atoms with Gasteiger partial charge in [0.15, 0.2) is 17.3 Å². The normalized spacial score (nSPS) is 26.8. The number of carbonyl (C=O) groups excluding carboxylic acids is 3. The Labute approximate surface area is 274 Å². The van der Waals surface area contributed by atoms with Gasteiger partial charge in [-0.3, -0.25) is 14.4 Å². The molecule has 4 aliphatic rings. The first-order valence-electron chi connectivity index (χ1n) is 13.5. The van der Waals surface area contributed by atoms with Crippen molar-refractivity contribution in [2.24, 2.45) is 23.7 Å². The van der Waals surface area contributed by atoms with E-state index in [1.807, 2.05) is 0 Å². The summed E-state index contributed by atoms with van der Waals surface area (Å²) in [5.41, 5.74) is 1.27. The minimum Gasteiger partial charge on any atom is -0.294 e. The number of allylic oxidation sites excluding steroid dienone is 4. The zero-order valence-corrected chi connectivity index (χ0v) is 26.5.